The molecule has 0 spiro atoms. The first-order valence-corrected chi connectivity index (χ1v) is 7.60. The van der Waals surface area contributed by atoms with Gasteiger partial charge in [0.2, 0.25) is 0 Å². The zero-order valence-electron chi connectivity index (χ0n) is 13.6. The Hall–Kier alpha value is -2.90. The number of nitrogen functional groups attached to an aromatic ring is 1. The SMILES string of the molecule is CCOC(=O)CN1C(=O)NC(CC)(c2ccc(C(=N)N)cc2)C1=O. The maximum absolute atomic E-state index is 12.8. The number of carbonyl (C=O) groups excluding carboxylic acids is 3. The van der Waals surface area contributed by atoms with Crippen molar-refractivity contribution in [1.29, 1.82) is 5.41 Å². The van der Waals surface area contributed by atoms with Crippen LogP contribution in [0.15, 0.2) is 24.3 Å². The maximum Gasteiger partial charge on any atom is 0.326 e. The molecule has 8 heteroatoms. The lowest BCUT2D eigenvalue weighted by atomic mass is 9.86. The average Bonchev–Trinajstić information content (AvgIpc) is 2.80. The van der Waals surface area contributed by atoms with E-state index in [1.165, 1.54) is 0 Å². The highest BCUT2D eigenvalue weighted by Crippen LogP contribution is 2.32. The Bertz CT molecular complexity index is 686. The summed E-state index contributed by atoms with van der Waals surface area (Å²) in [7, 11) is 0. The van der Waals surface area contributed by atoms with Crippen LogP contribution in [-0.2, 0) is 19.9 Å². The molecule has 0 saturated carbocycles. The monoisotopic (exact) mass is 332 g/mol. The first-order chi connectivity index (χ1) is 11.4. The van der Waals surface area contributed by atoms with Gasteiger partial charge in [-0.05, 0) is 18.9 Å². The van der Waals surface area contributed by atoms with Crippen LogP contribution >= 0.6 is 0 Å². The van der Waals surface area contributed by atoms with Crippen molar-refractivity contribution in [2.75, 3.05) is 13.2 Å². The molecule has 3 amide bonds. The third kappa shape index (κ3) is 2.94. The molecule has 1 aromatic carbocycles. The maximum atomic E-state index is 12.8. The molecule has 1 aliphatic rings. The van der Waals surface area contributed by atoms with Crippen molar-refractivity contribution in [2.45, 2.75) is 25.8 Å². The van der Waals surface area contributed by atoms with E-state index in [4.69, 9.17) is 15.9 Å². The van der Waals surface area contributed by atoms with Crippen LogP contribution in [0.2, 0.25) is 0 Å². The van der Waals surface area contributed by atoms with Crippen LogP contribution in [0, 0.1) is 5.41 Å². The van der Waals surface area contributed by atoms with Gasteiger partial charge in [-0.3, -0.25) is 19.9 Å². The number of nitrogens with one attached hydrogen (secondary N) is 2. The van der Waals surface area contributed by atoms with E-state index in [0.717, 1.165) is 4.90 Å². The van der Waals surface area contributed by atoms with Gasteiger partial charge in [-0.2, -0.15) is 0 Å². The van der Waals surface area contributed by atoms with Crippen molar-refractivity contribution in [3.63, 3.8) is 0 Å². The van der Waals surface area contributed by atoms with E-state index in [9.17, 15) is 14.4 Å². The van der Waals surface area contributed by atoms with Gasteiger partial charge in [-0.25, -0.2) is 4.79 Å². The Kier molecular flexibility index (Phi) is 4.87. The molecule has 1 aliphatic heterocycles. The summed E-state index contributed by atoms with van der Waals surface area (Å²) in [6.07, 6.45) is 0.316. The smallest absolute Gasteiger partial charge is 0.326 e. The molecule has 8 nitrogen and oxygen atoms in total. The summed E-state index contributed by atoms with van der Waals surface area (Å²) < 4.78 is 4.80. The number of hydrogen-bond donors (Lipinski definition) is 3. The number of nitrogens with two attached hydrogens (primary N) is 1. The van der Waals surface area contributed by atoms with Gasteiger partial charge in [0.1, 0.15) is 17.9 Å². The van der Waals surface area contributed by atoms with Gasteiger partial charge < -0.3 is 15.8 Å². The molecule has 1 fully saturated rings. The molecule has 0 radical (unpaired) electrons. The van der Waals surface area contributed by atoms with E-state index in [-0.39, 0.29) is 12.4 Å². The van der Waals surface area contributed by atoms with Crippen molar-refractivity contribution in [2.24, 2.45) is 5.73 Å². The summed E-state index contributed by atoms with van der Waals surface area (Å²) in [6, 6.07) is 5.88. The second-order valence-electron chi connectivity index (χ2n) is 5.38. The quantitative estimate of drug-likeness (QED) is 0.306. The van der Waals surface area contributed by atoms with Gasteiger partial charge in [0.15, 0.2) is 0 Å². The fourth-order valence-electron chi connectivity index (χ4n) is 2.68. The van der Waals surface area contributed by atoms with E-state index in [0.29, 0.717) is 17.5 Å². The number of imide groups is 1. The van der Waals surface area contributed by atoms with Crippen molar-refractivity contribution in [3.8, 4) is 0 Å². The number of hydrogen-bond acceptors (Lipinski definition) is 5. The lowest BCUT2D eigenvalue weighted by Crippen LogP contribution is -2.44. The number of benzene rings is 1. The molecule has 128 valence electrons. The molecule has 0 aromatic heterocycles. The topological polar surface area (TPSA) is 126 Å². The van der Waals surface area contributed by atoms with E-state index >= 15 is 0 Å². The molecule has 1 aromatic rings. The van der Waals surface area contributed by atoms with Crippen LogP contribution in [0.3, 0.4) is 0 Å². The summed E-state index contributed by atoms with van der Waals surface area (Å²) in [4.78, 5) is 37.4. The standard InChI is InChI=1S/C16H20N4O4/c1-3-16(11-7-5-10(6-8-11)13(17)18)14(22)20(15(23)19-16)9-12(21)24-4-2/h5-8H,3-4,9H2,1-2H3,(H3,17,18)(H,19,23). The zero-order valence-corrected chi connectivity index (χ0v) is 13.6. The number of amidine groups is 1. The Balaban J connectivity index is 2.32. The van der Waals surface area contributed by atoms with E-state index in [1.807, 2.05) is 0 Å². The molecule has 1 unspecified atom stereocenters. The minimum Gasteiger partial charge on any atom is -0.465 e. The number of rotatable bonds is 6. The highest BCUT2D eigenvalue weighted by molar-refractivity contribution is 6.09. The third-order valence-corrected chi connectivity index (χ3v) is 3.99. The minimum atomic E-state index is -1.24. The fraction of sp³-hybridized carbons (Fsp3) is 0.375. The molecule has 2 rings (SSSR count). The normalized spacial score (nSPS) is 20.0. The van der Waals surface area contributed by atoms with Crippen LogP contribution < -0.4 is 11.1 Å². The summed E-state index contributed by atoms with van der Waals surface area (Å²) in [5.74, 6) is -1.23. The van der Waals surface area contributed by atoms with Gasteiger partial charge in [0.25, 0.3) is 5.91 Å². The van der Waals surface area contributed by atoms with Gasteiger partial charge >= 0.3 is 12.0 Å². The predicted octanol–water partition coefficient (Wildman–Crippen LogP) is 0.691. The molecular formula is C16H20N4O4. The van der Waals surface area contributed by atoms with Gasteiger partial charge in [0, 0.05) is 5.56 Å². The third-order valence-electron chi connectivity index (χ3n) is 3.99. The number of nitrogens with zero attached hydrogens (tertiary/aromatic N) is 1. The van der Waals surface area contributed by atoms with Crippen LogP contribution in [0.25, 0.3) is 0 Å². The van der Waals surface area contributed by atoms with Crippen molar-refractivity contribution in [3.05, 3.63) is 35.4 Å². The van der Waals surface area contributed by atoms with Crippen molar-refractivity contribution < 1.29 is 19.1 Å². The number of ether oxygens (including phenoxy) is 1. The molecule has 1 saturated heterocycles. The molecular weight excluding hydrogens is 312 g/mol. The zero-order chi connectivity index (χ0) is 17.9. The Morgan fingerprint density at radius 1 is 1.29 bits per heavy atom. The van der Waals surface area contributed by atoms with Crippen LogP contribution in [-0.4, -0.2) is 41.8 Å². The summed E-state index contributed by atoms with van der Waals surface area (Å²) in [6.45, 7) is 3.17. The van der Waals surface area contributed by atoms with Crippen molar-refractivity contribution in [1.82, 2.24) is 10.2 Å². The molecule has 4 N–H and O–H groups in total. The number of carbonyl (C=O) groups is 3. The first kappa shape index (κ1) is 17.5. The van der Waals surface area contributed by atoms with E-state index in [1.54, 1.807) is 38.1 Å². The molecule has 0 bridgehead atoms. The molecule has 1 atom stereocenters. The van der Waals surface area contributed by atoms with Crippen molar-refractivity contribution >= 4 is 23.7 Å². The Morgan fingerprint density at radius 2 is 1.92 bits per heavy atom. The number of urea groups is 1. The Labute approximate surface area is 139 Å². The Morgan fingerprint density at radius 3 is 2.42 bits per heavy atom. The lowest BCUT2D eigenvalue weighted by molar-refractivity contribution is -0.147. The van der Waals surface area contributed by atoms with Gasteiger partial charge in [0.05, 0.1) is 6.61 Å². The van der Waals surface area contributed by atoms with E-state index in [2.05, 4.69) is 5.32 Å². The van der Waals surface area contributed by atoms with Gasteiger partial charge in [-0.15, -0.1) is 0 Å². The highest BCUT2D eigenvalue weighted by atomic mass is 16.5. The minimum absolute atomic E-state index is 0.0854. The van der Waals surface area contributed by atoms with Crippen LogP contribution in [0.1, 0.15) is 31.4 Å². The lowest BCUT2D eigenvalue weighted by Gasteiger charge is -2.26. The van der Waals surface area contributed by atoms with Crippen LogP contribution in [0.5, 0.6) is 0 Å². The first-order valence-electron chi connectivity index (χ1n) is 7.60. The summed E-state index contributed by atoms with van der Waals surface area (Å²) >= 11 is 0. The van der Waals surface area contributed by atoms with Gasteiger partial charge in [-0.1, -0.05) is 31.2 Å². The number of amides is 3. The average molecular weight is 332 g/mol. The second kappa shape index (κ2) is 6.69. The van der Waals surface area contributed by atoms with Crippen LogP contribution in [0.4, 0.5) is 4.79 Å². The highest BCUT2D eigenvalue weighted by Gasteiger charge is 2.51. The van der Waals surface area contributed by atoms with E-state index < -0.39 is 30.0 Å². The molecule has 0 aliphatic carbocycles. The predicted molar refractivity (Wildman–Crippen MR) is 86.3 cm³/mol. The number of esters is 1. The molecule has 24 heavy (non-hydrogen) atoms. The second-order valence-corrected chi connectivity index (χ2v) is 5.38. The fourth-order valence-corrected chi connectivity index (χ4v) is 2.68. The summed E-state index contributed by atoms with van der Waals surface area (Å²) in [5.41, 5.74) is 5.28. The summed E-state index contributed by atoms with van der Waals surface area (Å²) in [5, 5.41) is 10.1. The molecule has 1 heterocycles. The largest absolute Gasteiger partial charge is 0.465 e.